The molecule has 1 atom stereocenters. The number of ether oxygens (including phenoxy) is 1. The normalized spacial score (nSPS) is 12.3. The smallest absolute Gasteiger partial charge is 0.248 e. The molecule has 6 nitrogen and oxygen atoms in total. The van der Waals surface area contributed by atoms with E-state index < -0.39 is 16.1 Å². The maximum atomic E-state index is 13.1. The van der Waals surface area contributed by atoms with Crippen molar-refractivity contribution in [1.82, 2.24) is 0 Å². The van der Waals surface area contributed by atoms with E-state index in [0.29, 0.717) is 23.5 Å². The number of nitrogens with one attached hydrogen (secondary N) is 1. The number of hydrogen-bond acceptors (Lipinski definition) is 5. The fraction of sp³-hybridized carbons (Fsp3) is 0.350. The quantitative estimate of drug-likeness (QED) is 0.619. The van der Waals surface area contributed by atoms with Crippen molar-refractivity contribution >= 4 is 39.1 Å². The summed E-state index contributed by atoms with van der Waals surface area (Å²) >= 11 is 1.62. The molecular formula is C20H26N2O4S2. The van der Waals surface area contributed by atoms with E-state index in [1.54, 1.807) is 43.0 Å². The van der Waals surface area contributed by atoms with Crippen LogP contribution in [0, 0.1) is 0 Å². The Morgan fingerprint density at radius 1 is 1.18 bits per heavy atom. The predicted octanol–water partition coefficient (Wildman–Crippen LogP) is 3.99. The molecule has 8 heteroatoms. The topological polar surface area (TPSA) is 75.7 Å². The maximum absolute atomic E-state index is 13.1. The lowest BCUT2D eigenvalue weighted by Gasteiger charge is -2.30. The summed E-state index contributed by atoms with van der Waals surface area (Å²) in [5.41, 5.74) is 1.07. The van der Waals surface area contributed by atoms with Crippen molar-refractivity contribution in [2.45, 2.75) is 31.2 Å². The monoisotopic (exact) mass is 422 g/mol. The first-order valence-electron chi connectivity index (χ1n) is 8.98. The Morgan fingerprint density at radius 3 is 2.50 bits per heavy atom. The Kier molecular flexibility index (Phi) is 7.77. The Morgan fingerprint density at radius 2 is 1.89 bits per heavy atom. The largest absolute Gasteiger partial charge is 0.497 e. The van der Waals surface area contributed by atoms with Crippen LogP contribution in [0.1, 0.15) is 20.3 Å². The van der Waals surface area contributed by atoms with E-state index in [2.05, 4.69) is 5.32 Å². The molecule has 0 fully saturated rings. The fourth-order valence-electron chi connectivity index (χ4n) is 2.88. The highest BCUT2D eigenvalue weighted by atomic mass is 32.2. The van der Waals surface area contributed by atoms with Crippen LogP contribution in [-0.4, -0.2) is 39.5 Å². The zero-order valence-corrected chi connectivity index (χ0v) is 18.1. The van der Waals surface area contributed by atoms with Gasteiger partial charge in [-0.2, -0.15) is 0 Å². The van der Waals surface area contributed by atoms with E-state index >= 15 is 0 Å². The minimum absolute atomic E-state index is 0.319. The van der Waals surface area contributed by atoms with Crippen molar-refractivity contribution in [3.05, 3.63) is 48.5 Å². The second kappa shape index (κ2) is 9.84. The lowest BCUT2D eigenvalue weighted by Crippen LogP contribution is -2.47. The average Bonchev–Trinajstić information content (AvgIpc) is 2.66. The molecule has 0 aliphatic heterocycles. The van der Waals surface area contributed by atoms with E-state index in [-0.39, 0.29) is 5.91 Å². The van der Waals surface area contributed by atoms with Crippen molar-refractivity contribution in [2.24, 2.45) is 0 Å². The van der Waals surface area contributed by atoms with Crippen molar-refractivity contribution in [1.29, 1.82) is 0 Å². The molecular weight excluding hydrogens is 396 g/mol. The molecule has 0 radical (unpaired) electrons. The van der Waals surface area contributed by atoms with E-state index in [1.165, 1.54) is 7.11 Å². The molecule has 0 saturated heterocycles. The summed E-state index contributed by atoms with van der Waals surface area (Å²) in [5.74, 6) is 1.01. The number of carbonyl (C=O) groups is 1. The number of benzene rings is 2. The Balaban J connectivity index is 2.40. The summed E-state index contributed by atoms with van der Waals surface area (Å²) in [5, 5.41) is 2.90. The lowest BCUT2D eigenvalue weighted by atomic mass is 10.1. The second-order valence-corrected chi connectivity index (χ2v) is 9.27. The molecule has 0 aliphatic carbocycles. The number of thioether (sulfide) groups is 1. The summed E-state index contributed by atoms with van der Waals surface area (Å²) < 4.78 is 31.5. The standard InChI is InChI=1S/C20H26N2O4S2/c1-5-18(20(23)21-17-12-7-8-13-19(17)27-6-2)22(28(4,24)25)15-10-9-11-16(14-15)26-3/h7-14,18H,5-6H2,1-4H3,(H,21,23)/t18-/m1/s1. The van der Waals surface area contributed by atoms with Gasteiger partial charge in [0, 0.05) is 11.0 Å². The number of anilines is 2. The number of para-hydroxylation sites is 1. The van der Waals surface area contributed by atoms with Crippen molar-refractivity contribution < 1.29 is 17.9 Å². The Bertz CT molecular complexity index is 916. The minimum Gasteiger partial charge on any atom is -0.497 e. The lowest BCUT2D eigenvalue weighted by molar-refractivity contribution is -0.117. The molecule has 0 spiro atoms. The first-order chi connectivity index (χ1) is 13.3. The number of methoxy groups -OCH3 is 1. The summed E-state index contributed by atoms with van der Waals surface area (Å²) in [4.78, 5) is 14.0. The van der Waals surface area contributed by atoms with Gasteiger partial charge in [0.2, 0.25) is 15.9 Å². The number of carbonyl (C=O) groups excluding carboxylic acids is 1. The van der Waals surface area contributed by atoms with Crippen LogP contribution in [0.4, 0.5) is 11.4 Å². The van der Waals surface area contributed by atoms with Crippen molar-refractivity contribution in [3.63, 3.8) is 0 Å². The molecule has 0 aromatic heterocycles. The van der Waals surface area contributed by atoms with E-state index in [0.717, 1.165) is 21.2 Å². The zero-order valence-electron chi connectivity index (χ0n) is 16.5. The van der Waals surface area contributed by atoms with Crippen LogP contribution in [0.2, 0.25) is 0 Å². The number of rotatable bonds is 9. The zero-order chi connectivity index (χ0) is 20.7. The van der Waals surface area contributed by atoms with Gasteiger partial charge in [0.15, 0.2) is 0 Å². The van der Waals surface area contributed by atoms with Crippen molar-refractivity contribution in [2.75, 3.05) is 28.7 Å². The SMILES string of the molecule is CCSc1ccccc1NC(=O)[C@@H](CC)N(c1cccc(OC)c1)S(C)(=O)=O. The summed E-state index contributed by atoms with van der Waals surface area (Å²) in [6.07, 6.45) is 1.42. The highest BCUT2D eigenvalue weighted by molar-refractivity contribution is 7.99. The summed E-state index contributed by atoms with van der Waals surface area (Å²) in [6.45, 7) is 3.82. The Hall–Kier alpha value is -2.19. The number of nitrogens with zero attached hydrogens (tertiary/aromatic N) is 1. The first-order valence-corrected chi connectivity index (χ1v) is 11.8. The maximum Gasteiger partial charge on any atom is 0.248 e. The third kappa shape index (κ3) is 5.42. The molecule has 152 valence electrons. The highest BCUT2D eigenvalue weighted by Gasteiger charge is 2.32. The van der Waals surface area contributed by atoms with Gasteiger partial charge in [0.25, 0.3) is 0 Å². The molecule has 0 heterocycles. The van der Waals surface area contributed by atoms with Gasteiger partial charge in [-0.25, -0.2) is 8.42 Å². The summed E-state index contributed by atoms with van der Waals surface area (Å²) in [6, 6.07) is 13.3. The molecule has 1 amide bonds. The first kappa shape index (κ1) is 22.1. The van der Waals surface area contributed by atoms with Gasteiger partial charge < -0.3 is 10.1 Å². The predicted molar refractivity (Wildman–Crippen MR) is 116 cm³/mol. The number of amides is 1. The second-order valence-electron chi connectivity index (χ2n) is 6.10. The van der Waals surface area contributed by atoms with Crippen LogP contribution in [0.5, 0.6) is 5.75 Å². The fourth-order valence-corrected chi connectivity index (χ4v) is 4.84. The molecule has 2 rings (SSSR count). The van der Waals surface area contributed by atoms with Crippen molar-refractivity contribution in [3.8, 4) is 5.75 Å². The molecule has 2 aromatic rings. The molecule has 0 saturated carbocycles. The minimum atomic E-state index is -3.70. The molecule has 0 unspecified atom stereocenters. The van der Waals surface area contributed by atoms with Crippen LogP contribution in [0.15, 0.2) is 53.4 Å². The van der Waals surface area contributed by atoms with E-state index in [1.807, 2.05) is 31.2 Å². The van der Waals surface area contributed by atoms with Gasteiger partial charge >= 0.3 is 0 Å². The van der Waals surface area contributed by atoms with Gasteiger partial charge in [-0.15, -0.1) is 11.8 Å². The summed E-state index contributed by atoms with van der Waals surface area (Å²) in [7, 11) is -2.19. The van der Waals surface area contributed by atoms with Crippen LogP contribution in [0.3, 0.4) is 0 Å². The van der Waals surface area contributed by atoms with Gasteiger partial charge in [-0.1, -0.05) is 32.0 Å². The van der Waals surface area contributed by atoms with Crippen LogP contribution >= 0.6 is 11.8 Å². The van der Waals surface area contributed by atoms with Crippen LogP contribution in [-0.2, 0) is 14.8 Å². The average molecular weight is 423 g/mol. The molecule has 28 heavy (non-hydrogen) atoms. The van der Waals surface area contributed by atoms with E-state index in [9.17, 15) is 13.2 Å². The number of hydrogen-bond donors (Lipinski definition) is 1. The van der Waals surface area contributed by atoms with Gasteiger partial charge in [-0.05, 0) is 36.4 Å². The molecule has 0 bridgehead atoms. The molecule has 1 N–H and O–H groups in total. The highest BCUT2D eigenvalue weighted by Crippen LogP contribution is 2.29. The third-order valence-corrected chi connectivity index (χ3v) is 6.22. The Labute approximate surface area is 171 Å². The third-order valence-electron chi connectivity index (χ3n) is 4.08. The molecule has 0 aliphatic rings. The van der Waals surface area contributed by atoms with Crippen LogP contribution in [0.25, 0.3) is 0 Å². The van der Waals surface area contributed by atoms with Gasteiger partial charge in [0.05, 0.1) is 24.7 Å². The number of sulfonamides is 1. The van der Waals surface area contributed by atoms with E-state index in [4.69, 9.17) is 4.74 Å². The van der Waals surface area contributed by atoms with Gasteiger partial charge in [0.1, 0.15) is 11.8 Å². The molecule has 2 aromatic carbocycles. The van der Waals surface area contributed by atoms with Crippen LogP contribution < -0.4 is 14.4 Å². The van der Waals surface area contributed by atoms with Gasteiger partial charge in [-0.3, -0.25) is 9.10 Å².